The van der Waals surface area contributed by atoms with Gasteiger partial charge in [0.2, 0.25) is 0 Å². The van der Waals surface area contributed by atoms with Crippen LogP contribution in [0.15, 0.2) is 23.1 Å². The van der Waals surface area contributed by atoms with Gasteiger partial charge in [-0.3, -0.25) is 14.4 Å². The first-order chi connectivity index (χ1) is 14.1. The van der Waals surface area contributed by atoms with Crippen molar-refractivity contribution in [2.24, 2.45) is 5.41 Å². The molecule has 7 nitrogen and oxygen atoms in total. The highest BCUT2D eigenvalue weighted by molar-refractivity contribution is 6.36. The van der Waals surface area contributed by atoms with E-state index in [-0.39, 0.29) is 22.7 Å². The third-order valence-corrected chi connectivity index (χ3v) is 6.09. The maximum Gasteiger partial charge on any atom is 0.261 e. The second-order valence-corrected chi connectivity index (χ2v) is 9.43. The lowest BCUT2D eigenvalue weighted by molar-refractivity contribution is 0.0744. The van der Waals surface area contributed by atoms with Crippen molar-refractivity contribution in [2.75, 3.05) is 31.1 Å². The van der Waals surface area contributed by atoms with Crippen LogP contribution in [0.3, 0.4) is 0 Å². The topological polar surface area (TPSA) is 86.4 Å². The first-order valence-corrected chi connectivity index (χ1v) is 10.5. The highest BCUT2D eigenvalue weighted by atomic mass is 35.5. The normalized spacial score (nSPS) is 18.3. The number of piperazine rings is 1. The minimum absolute atomic E-state index is 0.0120. The fourth-order valence-corrected chi connectivity index (χ4v) is 4.62. The third-order valence-electron chi connectivity index (χ3n) is 5.60. The Balaban J connectivity index is 1.52. The number of pyridine rings is 2. The molecule has 0 radical (unpaired) electrons. The molecule has 1 aliphatic carbocycles. The van der Waals surface area contributed by atoms with Gasteiger partial charge in [-0.25, -0.2) is 4.98 Å². The number of ketones is 1. The average molecular weight is 449 g/mol. The van der Waals surface area contributed by atoms with Crippen molar-refractivity contribution in [1.29, 1.82) is 0 Å². The minimum Gasteiger partial charge on any atom is -0.352 e. The number of hydrogen-bond acceptors (Lipinski definition) is 5. The fourth-order valence-electron chi connectivity index (χ4n) is 4.12. The van der Waals surface area contributed by atoms with Crippen LogP contribution in [-0.4, -0.2) is 52.7 Å². The standard InChI is InChI=1S/C21H22Cl2N4O3/c1-21(2)9-16-13(17(28)10-21)8-14(19(29)25-16)20(30)27-5-3-26(4-6-27)18-15(23)7-12(22)11-24-18/h7-8,11H,3-6,9-10H2,1-2H3,(H,25,29). The predicted molar refractivity (Wildman–Crippen MR) is 116 cm³/mol. The number of carbonyl (C=O) groups excluding carboxylic acids is 2. The number of aromatic nitrogens is 2. The van der Waals surface area contributed by atoms with E-state index in [1.807, 2.05) is 18.7 Å². The zero-order chi connectivity index (χ0) is 21.6. The van der Waals surface area contributed by atoms with Crippen LogP contribution in [0.25, 0.3) is 0 Å². The maximum absolute atomic E-state index is 13.0. The summed E-state index contributed by atoms with van der Waals surface area (Å²) >= 11 is 12.1. The molecule has 2 aromatic heterocycles. The van der Waals surface area contributed by atoms with Crippen LogP contribution in [0.5, 0.6) is 0 Å². The summed E-state index contributed by atoms with van der Waals surface area (Å²) in [6.07, 6.45) is 2.53. The van der Waals surface area contributed by atoms with Gasteiger partial charge in [0.05, 0.1) is 10.0 Å². The van der Waals surface area contributed by atoms with Crippen molar-refractivity contribution >= 4 is 40.7 Å². The molecule has 0 unspecified atom stereocenters. The van der Waals surface area contributed by atoms with Crippen LogP contribution in [0.4, 0.5) is 5.82 Å². The molecule has 30 heavy (non-hydrogen) atoms. The molecule has 9 heteroatoms. The summed E-state index contributed by atoms with van der Waals surface area (Å²) in [6, 6.07) is 3.10. The van der Waals surface area contributed by atoms with E-state index in [9.17, 15) is 14.4 Å². The highest BCUT2D eigenvalue weighted by Gasteiger charge is 2.33. The lowest BCUT2D eigenvalue weighted by Gasteiger charge is -2.36. The molecule has 1 N–H and O–H groups in total. The van der Waals surface area contributed by atoms with Crippen LogP contribution in [0.2, 0.25) is 10.0 Å². The van der Waals surface area contributed by atoms with Gasteiger partial charge in [0, 0.05) is 50.1 Å². The van der Waals surface area contributed by atoms with Crippen molar-refractivity contribution in [3.63, 3.8) is 0 Å². The Morgan fingerprint density at radius 1 is 1.10 bits per heavy atom. The summed E-state index contributed by atoms with van der Waals surface area (Å²) in [5.41, 5.74) is 0.428. The summed E-state index contributed by atoms with van der Waals surface area (Å²) in [7, 11) is 0. The lowest BCUT2D eigenvalue weighted by Crippen LogP contribution is -2.50. The van der Waals surface area contributed by atoms with Crippen molar-refractivity contribution in [3.8, 4) is 0 Å². The number of nitrogens with zero attached hydrogens (tertiary/aromatic N) is 3. The number of carbonyl (C=O) groups is 2. The van der Waals surface area contributed by atoms with E-state index in [0.29, 0.717) is 66.1 Å². The zero-order valence-electron chi connectivity index (χ0n) is 16.8. The molecule has 0 saturated carbocycles. The summed E-state index contributed by atoms with van der Waals surface area (Å²) in [5, 5.41) is 0.914. The summed E-state index contributed by atoms with van der Waals surface area (Å²) in [6.45, 7) is 5.86. The predicted octanol–water partition coefficient (Wildman–Crippen LogP) is 3.19. The second-order valence-electron chi connectivity index (χ2n) is 8.58. The SMILES string of the molecule is CC1(C)CC(=O)c2cc(C(=O)N3CCN(c4ncc(Cl)cc4Cl)CC3)c(=O)[nH]c2C1. The van der Waals surface area contributed by atoms with Crippen LogP contribution >= 0.6 is 23.2 Å². The molecule has 158 valence electrons. The van der Waals surface area contributed by atoms with Crippen LogP contribution < -0.4 is 10.5 Å². The molecule has 1 fully saturated rings. The van der Waals surface area contributed by atoms with E-state index >= 15 is 0 Å². The third kappa shape index (κ3) is 3.96. The van der Waals surface area contributed by atoms with Crippen LogP contribution in [-0.2, 0) is 6.42 Å². The molecule has 0 spiro atoms. The van der Waals surface area contributed by atoms with Gasteiger partial charge < -0.3 is 14.8 Å². The number of amides is 1. The number of hydrogen-bond donors (Lipinski definition) is 1. The van der Waals surface area contributed by atoms with Crippen molar-refractivity contribution in [3.05, 3.63) is 55.5 Å². The van der Waals surface area contributed by atoms with Gasteiger partial charge in [-0.15, -0.1) is 0 Å². The quantitative estimate of drug-likeness (QED) is 0.761. The smallest absolute Gasteiger partial charge is 0.261 e. The fraction of sp³-hybridized carbons (Fsp3) is 0.429. The number of Topliss-reactive ketones (excluding diaryl/α,β-unsaturated/α-hetero) is 1. The van der Waals surface area contributed by atoms with Gasteiger partial charge >= 0.3 is 0 Å². The monoisotopic (exact) mass is 448 g/mol. The summed E-state index contributed by atoms with van der Waals surface area (Å²) < 4.78 is 0. The van der Waals surface area contributed by atoms with E-state index in [2.05, 4.69) is 9.97 Å². The molecule has 1 aliphatic heterocycles. The van der Waals surface area contributed by atoms with E-state index in [0.717, 1.165) is 0 Å². The van der Waals surface area contributed by atoms with Gasteiger partial charge in [0.1, 0.15) is 11.4 Å². The molecular formula is C21H22Cl2N4O3. The number of aromatic amines is 1. The second kappa shape index (κ2) is 7.71. The number of H-pyrrole nitrogens is 1. The Morgan fingerprint density at radius 3 is 2.47 bits per heavy atom. The van der Waals surface area contributed by atoms with Gasteiger partial charge in [0.15, 0.2) is 5.78 Å². The van der Waals surface area contributed by atoms with E-state index in [4.69, 9.17) is 23.2 Å². The van der Waals surface area contributed by atoms with Gasteiger partial charge in [0.25, 0.3) is 11.5 Å². The number of rotatable bonds is 2. The molecule has 0 aromatic carbocycles. The molecule has 2 aliphatic rings. The molecule has 1 amide bonds. The van der Waals surface area contributed by atoms with E-state index < -0.39 is 5.56 Å². The molecule has 2 aromatic rings. The van der Waals surface area contributed by atoms with Crippen molar-refractivity contribution < 1.29 is 9.59 Å². The molecular weight excluding hydrogens is 427 g/mol. The first-order valence-electron chi connectivity index (χ1n) is 9.79. The summed E-state index contributed by atoms with van der Waals surface area (Å²) in [5.74, 6) is 0.208. The molecule has 3 heterocycles. The number of fused-ring (bicyclic) bond motifs is 1. The molecule has 1 saturated heterocycles. The Labute approximate surface area is 184 Å². The van der Waals surface area contributed by atoms with Crippen molar-refractivity contribution in [2.45, 2.75) is 26.7 Å². The Morgan fingerprint density at radius 2 is 1.80 bits per heavy atom. The van der Waals surface area contributed by atoms with E-state index in [1.165, 1.54) is 12.3 Å². The Kier molecular flexibility index (Phi) is 5.36. The largest absolute Gasteiger partial charge is 0.352 e. The number of anilines is 1. The maximum atomic E-state index is 13.0. The highest BCUT2D eigenvalue weighted by Crippen LogP contribution is 2.33. The molecule has 0 atom stereocenters. The lowest BCUT2D eigenvalue weighted by atomic mass is 9.75. The van der Waals surface area contributed by atoms with Crippen molar-refractivity contribution in [1.82, 2.24) is 14.9 Å². The van der Waals surface area contributed by atoms with Gasteiger partial charge in [-0.05, 0) is 24.0 Å². The minimum atomic E-state index is -0.450. The number of halogens is 2. The van der Waals surface area contributed by atoms with Gasteiger partial charge in [-0.2, -0.15) is 0 Å². The summed E-state index contributed by atoms with van der Waals surface area (Å²) in [4.78, 5) is 48.8. The number of nitrogens with one attached hydrogen (secondary N) is 1. The Hall–Kier alpha value is -2.38. The van der Waals surface area contributed by atoms with Crippen LogP contribution in [0.1, 0.15) is 46.7 Å². The van der Waals surface area contributed by atoms with Gasteiger partial charge in [-0.1, -0.05) is 37.0 Å². The first kappa shape index (κ1) is 20.9. The van der Waals surface area contributed by atoms with E-state index in [1.54, 1.807) is 11.0 Å². The Bertz CT molecular complexity index is 1090. The average Bonchev–Trinajstić information content (AvgIpc) is 2.66. The van der Waals surface area contributed by atoms with Crippen LogP contribution in [0, 0.1) is 5.41 Å². The zero-order valence-corrected chi connectivity index (χ0v) is 18.3. The molecule has 4 rings (SSSR count). The molecule has 0 bridgehead atoms.